The Labute approximate surface area is 153 Å². The van der Waals surface area contributed by atoms with Crippen LogP contribution in [0.5, 0.6) is 5.75 Å². The van der Waals surface area contributed by atoms with E-state index in [0.29, 0.717) is 24.9 Å². The topological polar surface area (TPSA) is 82.7 Å². The molecule has 7 heteroatoms. The van der Waals surface area contributed by atoms with Crippen LogP contribution in [-0.2, 0) is 13.1 Å². The van der Waals surface area contributed by atoms with E-state index >= 15 is 0 Å². The number of halogens is 1. The zero-order valence-corrected chi connectivity index (χ0v) is 15.9. The molecule has 0 aliphatic carbocycles. The minimum absolute atomic E-state index is 0. The normalized spacial score (nSPS) is 11.0. The maximum Gasteiger partial charge on any atom is 0.214 e. The quantitative estimate of drug-likeness (QED) is 0.386. The smallest absolute Gasteiger partial charge is 0.214 e. The van der Waals surface area contributed by atoms with Crippen LogP contribution < -0.4 is 10.6 Å². The van der Waals surface area contributed by atoms with E-state index in [1.165, 1.54) is 0 Å². The molecule has 0 saturated heterocycles. The number of nitrogens with zero attached hydrogens (tertiary/aromatic N) is 2. The van der Waals surface area contributed by atoms with Crippen molar-refractivity contribution in [3.05, 3.63) is 47.2 Å². The standard InChI is InChI=1S/C16H22N4O2.HI/c1-4-17-16(18-9-13-6-5-7-14(21)8-13)19-10-15-20-11(2)12(3)22-15;/h5-8,21H,4,9-10H2,1-3H3,(H2,17,18,19);1H. The Balaban J connectivity index is 0.00000264. The van der Waals surface area contributed by atoms with Crippen molar-refractivity contribution in [1.29, 1.82) is 0 Å². The highest BCUT2D eigenvalue weighted by Crippen LogP contribution is 2.11. The summed E-state index contributed by atoms with van der Waals surface area (Å²) < 4.78 is 5.53. The first-order chi connectivity index (χ1) is 10.6. The molecular formula is C16H23IN4O2. The predicted molar refractivity (Wildman–Crippen MR) is 101 cm³/mol. The van der Waals surface area contributed by atoms with Crippen LogP contribution >= 0.6 is 24.0 Å². The van der Waals surface area contributed by atoms with E-state index in [-0.39, 0.29) is 29.7 Å². The summed E-state index contributed by atoms with van der Waals surface area (Å²) in [6.07, 6.45) is 0. The summed E-state index contributed by atoms with van der Waals surface area (Å²) in [5, 5.41) is 15.8. The van der Waals surface area contributed by atoms with E-state index in [4.69, 9.17) is 4.42 Å². The number of hydrogen-bond donors (Lipinski definition) is 3. The van der Waals surface area contributed by atoms with Crippen LogP contribution in [0.3, 0.4) is 0 Å². The Bertz CT molecular complexity index is 636. The molecule has 3 N–H and O–H groups in total. The summed E-state index contributed by atoms with van der Waals surface area (Å²) in [6, 6.07) is 7.07. The number of phenolic OH excluding ortho intramolecular Hbond substituents is 1. The number of guanidine groups is 1. The second-order valence-electron chi connectivity index (χ2n) is 4.97. The van der Waals surface area contributed by atoms with Crippen LogP contribution in [0.1, 0.15) is 29.8 Å². The summed E-state index contributed by atoms with van der Waals surface area (Å²) in [4.78, 5) is 8.81. The largest absolute Gasteiger partial charge is 0.508 e. The second-order valence-corrected chi connectivity index (χ2v) is 4.97. The van der Waals surface area contributed by atoms with Gasteiger partial charge in [0, 0.05) is 6.54 Å². The Hall–Kier alpha value is -1.77. The number of phenols is 1. The van der Waals surface area contributed by atoms with Crippen LogP contribution in [0.4, 0.5) is 0 Å². The molecule has 0 radical (unpaired) electrons. The maximum atomic E-state index is 9.46. The molecule has 0 saturated carbocycles. The van der Waals surface area contributed by atoms with Gasteiger partial charge in [0.05, 0.1) is 18.8 Å². The van der Waals surface area contributed by atoms with Gasteiger partial charge in [0.15, 0.2) is 5.96 Å². The summed E-state index contributed by atoms with van der Waals surface area (Å²) in [6.45, 7) is 7.53. The van der Waals surface area contributed by atoms with Gasteiger partial charge in [-0.1, -0.05) is 12.1 Å². The van der Waals surface area contributed by atoms with Crippen molar-refractivity contribution in [3.63, 3.8) is 0 Å². The maximum absolute atomic E-state index is 9.46. The van der Waals surface area contributed by atoms with Crippen LogP contribution in [0, 0.1) is 13.8 Å². The van der Waals surface area contributed by atoms with Gasteiger partial charge in [-0.3, -0.25) is 0 Å². The van der Waals surface area contributed by atoms with E-state index in [9.17, 15) is 5.11 Å². The Morgan fingerprint density at radius 1 is 1.30 bits per heavy atom. The highest BCUT2D eigenvalue weighted by molar-refractivity contribution is 14.0. The van der Waals surface area contributed by atoms with Crippen LogP contribution in [-0.4, -0.2) is 22.6 Å². The van der Waals surface area contributed by atoms with E-state index in [2.05, 4.69) is 20.6 Å². The number of aliphatic imine (C=N–C) groups is 1. The average molecular weight is 430 g/mol. The van der Waals surface area contributed by atoms with Crippen molar-refractivity contribution >= 4 is 29.9 Å². The molecule has 0 spiro atoms. The number of hydrogen-bond acceptors (Lipinski definition) is 4. The lowest BCUT2D eigenvalue weighted by atomic mass is 10.2. The van der Waals surface area contributed by atoms with Crippen LogP contribution in [0.2, 0.25) is 0 Å². The lowest BCUT2D eigenvalue weighted by Gasteiger charge is -2.09. The van der Waals surface area contributed by atoms with Crippen molar-refractivity contribution in [2.24, 2.45) is 4.99 Å². The van der Waals surface area contributed by atoms with Gasteiger partial charge in [-0.25, -0.2) is 9.98 Å². The third-order valence-electron chi connectivity index (χ3n) is 3.15. The Morgan fingerprint density at radius 3 is 2.70 bits per heavy atom. The number of rotatable bonds is 5. The zero-order chi connectivity index (χ0) is 15.9. The highest BCUT2D eigenvalue weighted by Gasteiger charge is 2.06. The van der Waals surface area contributed by atoms with Crippen molar-refractivity contribution in [1.82, 2.24) is 15.6 Å². The second kappa shape index (κ2) is 9.39. The minimum Gasteiger partial charge on any atom is -0.508 e. The molecule has 2 rings (SSSR count). The number of benzene rings is 1. The first-order valence-electron chi connectivity index (χ1n) is 7.31. The molecule has 2 aromatic rings. The van der Waals surface area contributed by atoms with E-state index in [1.54, 1.807) is 18.2 Å². The van der Waals surface area contributed by atoms with Crippen LogP contribution in [0.15, 0.2) is 33.7 Å². The fourth-order valence-corrected chi connectivity index (χ4v) is 1.94. The first-order valence-corrected chi connectivity index (χ1v) is 7.31. The molecule has 0 aliphatic heterocycles. The Kier molecular flexibility index (Phi) is 7.87. The van der Waals surface area contributed by atoms with Crippen molar-refractivity contribution in [2.75, 3.05) is 6.54 Å². The summed E-state index contributed by atoms with van der Waals surface area (Å²) in [5.41, 5.74) is 1.85. The molecule has 0 bridgehead atoms. The van der Waals surface area contributed by atoms with E-state index in [1.807, 2.05) is 26.8 Å². The molecule has 1 aromatic carbocycles. The van der Waals surface area contributed by atoms with Gasteiger partial charge >= 0.3 is 0 Å². The molecule has 23 heavy (non-hydrogen) atoms. The van der Waals surface area contributed by atoms with Crippen molar-refractivity contribution in [3.8, 4) is 5.75 Å². The summed E-state index contributed by atoms with van der Waals surface area (Å²) >= 11 is 0. The molecule has 0 aliphatic rings. The Morgan fingerprint density at radius 2 is 2.09 bits per heavy atom. The van der Waals surface area contributed by atoms with Crippen molar-refractivity contribution < 1.29 is 9.52 Å². The van der Waals surface area contributed by atoms with Gasteiger partial charge in [-0.15, -0.1) is 24.0 Å². The number of aromatic nitrogens is 1. The number of nitrogens with one attached hydrogen (secondary N) is 2. The molecule has 126 valence electrons. The van der Waals surface area contributed by atoms with Crippen LogP contribution in [0.25, 0.3) is 0 Å². The summed E-state index contributed by atoms with van der Waals surface area (Å²) in [5.74, 6) is 2.40. The molecule has 0 atom stereocenters. The predicted octanol–water partition coefficient (Wildman–Crippen LogP) is 2.87. The monoisotopic (exact) mass is 430 g/mol. The molecule has 0 unspecified atom stereocenters. The average Bonchev–Trinajstić information content (AvgIpc) is 2.81. The fraction of sp³-hybridized carbons (Fsp3) is 0.375. The third-order valence-corrected chi connectivity index (χ3v) is 3.15. The van der Waals surface area contributed by atoms with Gasteiger partial charge in [0.1, 0.15) is 11.5 Å². The van der Waals surface area contributed by atoms with Gasteiger partial charge < -0.3 is 20.2 Å². The lowest BCUT2D eigenvalue weighted by molar-refractivity contribution is 0.463. The van der Waals surface area contributed by atoms with E-state index < -0.39 is 0 Å². The fourth-order valence-electron chi connectivity index (χ4n) is 1.94. The first kappa shape index (κ1) is 19.3. The lowest BCUT2D eigenvalue weighted by Crippen LogP contribution is -2.36. The molecule has 6 nitrogen and oxygen atoms in total. The highest BCUT2D eigenvalue weighted by atomic mass is 127. The van der Waals surface area contributed by atoms with Gasteiger partial charge in [-0.05, 0) is 38.5 Å². The van der Waals surface area contributed by atoms with Gasteiger partial charge in [0.2, 0.25) is 5.89 Å². The zero-order valence-electron chi connectivity index (χ0n) is 13.6. The SMILES string of the molecule is CCNC(=NCc1cccc(O)c1)NCc1nc(C)c(C)o1.I. The molecule has 0 fully saturated rings. The number of aryl methyl sites for hydroxylation is 2. The molecule has 1 heterocycles. The molecule has 0 amide bonds. The minimum atomic E-state index is 0. The number of aromatic hydroxyl groups is 1. The van der Waals surface area contributed by atoms with E-state index in [0.717, 1.165) is 23.6 Å². The van der Waals surface area contributed by atoms with Gasteiger partial charge in [0.25, 0.3) is 0 Å². The summed E-state index contributed by atoms with van der Waals surface area (Å²) in [7, 11) is 0. The number of oxazole rings is 1. The van der Waals surface area contributed by atoms with Gasteiger partial charge in [-0.2, -0.15) is 0 Å². The third kappa shape index (κ3) is 6.09. The molecule has 1 aromatic heterocycles. The van der Waals surface area contributed by atoms with Crippen molar-refractivity contribution in [2.45, 2.75) is 33.9 Å². The molecular weight excluding hydrogens is 407 g/mol.